The maximum Gasteiger partial charge on any atom is 0.267 e. The van der Waals surface area contributed by atoms with Crippen molar-refractivity contribution >= 4 is 22.5 Å². The average molecular weight is 373 g/mol. The molecule has 140 valence electrons. The highest BCUT2D eigenvalue weighted by Gasteiger charge is 2.20. The highest BCUT2D eigenvalue weighted by molar-refractivity contribution is 6.09. The van der Waals surface area contributed by atoms with Gasteiger partial charge in [-0.1, -0.05) is 36.4 Å². The van der Waals surface area contributed by atoms with Crippen LogP contribution in [0.4, 0.5) is 5.69 Å². The van der Waals surface area contributed by atoms with E-state index in [1.807, 2.05) is 24.3 Å². The first-order valence-corrected chi connectivity index (χ1v) is 8.61. The molecule has 6 heteroatoms. The van der Waals surface area contributed by atoms with Crippen LogP contribution in [0.1, 0.15) is 10.4 Å². The van der Waals surface area contributed by atoms with Crippen LogP contribution < -0.4 is 10.9 Å². The Bertz CT molecular complexity index is 1110. The minimum atomic E-state index is -0.630. The third kappa shape index (κ3) is 4.07. The molecule has 0 saturated carbocycles. The Balaban J connectivity index is 0.000000320. The van der Waals surface area contributed by atoms with Crippen LogP contribution in [0, 0.1) is 0 Å². The Labute approximate surface area is 161 Å². The van der Waals surface area contributed by atoms with Crippen LogP contribution in [0.3, 0.4) is 0 Å². The Hall–Kier alpha value is -3.93. The number of carbonyl (C=O) groups is 1. The Morgan fingerprint density at radius 3 is 2.14 bits per heavy atom. The van der Waals surface area contributed by atoms with Gasteiger partial charge in [0.25, 0.3) is 11.5 Å². The summed E-state index contributed by atoms with van der Waals surface area (Å²) in [7, 11) is 1.57. The van der Waals surface area contributed by atoms with E-state index in [1.54, 1.807) is 68.0 Å². The summed E-state index contributed by atoms with van der Waals surface area (Å²) in [5.74, 6) is -0.929. The monoisotopic (exact) mass is 373 g/mol. The van der Waals surface area contributed by atoms with Gasteiger partial charge in [0.05, 0.1) is 5.52 Å². The standard InChI is InChI=1S/C17H14N2O3.C5H5N/c1-19-13-10-6-5-9-12(13)15(20)14(17(19)22)16(21)18-11-7-3-2-4-8-11;1-2-4-6-5-3-1/h2-10,20H,1H3,(H,18,21);1-5H. The number of amides is 1. The molecule has 4 rings (SSSR count). The van der Waals surface area contributed by atoms with Crippen LogP contribution in [0.15, 0.2) is 90.0 Å². The van der Waals surface area contributed by atoms with E-state index < -0.39 is 11.5 Å². The quantitative estimate of drug-likeness (QED) is 0.562. The van der Waals surface area contributed by atoms with E-state index in [1.165, 1.54) is 4.57 Å². The molecule has 0 aliphatic rings. The lowest BCUT2D eigenvalue weighted by Crippen LogP contribution is -2.28. The number of para-hydroxylation sites is 2. The predicted octanol–water partition coefficient (Wildman–Crippen LogP) is 3.58. The fourth-order valence-corrected chi connectivity index (χ4v) is 2.71. The van der Waals surface area contributed by atoms with Gasteiger partial charge in [-0.15, -0.1) is 0 Å². The normalized spacial score (nSPS) is 10.0. The number of hydrogen-bond acceptors (Lipinski definition) is 4. The van der Waals surface area contributed by atoms with Crippen LogP contribution >= 0.6 is 0 Å². The summed E-state index contributed by atoms with van der Waals surface area (Å²) in [6.45, 7) is 0. The fraction of sp³-hybridized carbons (Fsp3) is 0.0455. The first-order chi connectivity index (χ1) is 13.6. The van der Waals surface area contributed by atoms with E-state index in [0.717, 1.165) is 0 Å². The number of rotatable bonds is 2. The van der Waals surface area contributed by atoms with Crippen molar-refractivity contribution in [3.05, 3.63) is 101 Å². The van der Waals surface area contributed by atoms with Gasteiger partial charge < -0.3 is 15.0 Å². The van der Waals surface area contributed by atoms with Crippen molar-refractivity contribution < 1.29 is 9.90 Å². The SMILES string of the molecule is Cn1c(=O)c(C(=O)Nc2ccccc2)c(O)c2ccccc21.c1ccncc1. The fourth-order valence-electron chi connectivity index (χ4n) is 2.71. The highest BCUT2D eigenvalue weighted by atomic mass is 16.3. The van der Waals surface area contributed by atoms with Crippen LogP contribution in [0.25, 0.3) is 10.9 Å². The van der Waals surface area contributed by atoms with Gasteiger partial charge in [0.15, 0.2) is 0 Å². The molecular formula is C22H19N3O3. The van der Waals surface area contributed by atoms with Crippen molar-refractivity contribution in [3.8, 4) is 5.75 Å². The van der Waals surface area contributed by atoms with Crippen molar-refractivity contribution in [1.29, 1.82) is 0 Å². The average Bonchev–Trinajstić information content (AvgIpc) is 2.75. The Morgan fingerprint density at radius 2 is 1.54 bits per heavy atom. The van der Waals surface area contributed by atoms with E-state index in [9.17, 15) is 14.7 Å². The number of pyridine rings is 2. The van der Waals surface area contributed by atoms with Crippen molar-refractivity contribution in [3.63, 3.8) is 0 Å². The van der Waals surface area contributed by atoms with E-state index in [4.69, 9.17) is 0 Å². The summed E-state index contributed by atoms with van der Waals surface area (Å²) < 4.78 is 1.36. The van der Waals surface area contributed by atoms with Crippen LogP contribution in [0.5, 0.6) is 5.75 Å². The number of carbonyl (C=O) groups excluding carboxylic acids is 1. The van der Waals surface area contributed by atoms with E-state index in [-0.39, 0.29) is 11.3 Å². The predicted molar refractivity (Wildman–Crippen MR) is 109 cm³/mol. The molecule has 2 aromatic carbocycles. The van der Waals surface area contributed by atoms with Crippen molar-refractivity contribution in [2.24, 2.45) is 7.05 Å². The molecule has 0 bridgehead atoms. The second kappa shape index (κ2) is 8.64. The third-order valence-corrected chi connectivity index (χ3v) is 4.10. The number of benzene rings is 2. The molecule has 0 radical (unpaired) electrons. The number of fused-ring (bicyclic) bond motifs is 1. The lowest BCUT2D eigenvalue weighted by molar-refractivity contribution is 0.102. The first-order valence-electron chi connectivity index (χ1n) is 8.61. The van der Waals surface area contributed by atoms with E-state index in [0.29, 0.717) is 16.6 Å². The van der Waals surface area contributed by atoms with Crippen molar-refractivity contribution in [2.45, 2.75) is 0 Å². The molecule has 0 aliphatic heterocycles. The molecule has 1 amide bonds. The number of hydrogen-bond donors (Lipinski definition) is 2. The second-order valence-electron chi connectivity index (χ2n) is 5.95. The van der Waals surface area contributed by atoms with Crippen LogP contribution in [-0.2, 0) is 7.05 Å². The molecule has 0 fully saturated rings. The van der Waals surface area contributed by atoms with E-state index in [2.05, 4.69) is 10.3 Å². The molecule has 2 aromatic heterocycles. The zero-order valence-corrected chi connectivity index (χ0v) is 15.2. The van der Waals surface area contributed by atoms with Crippen LogP contribution in [-0.4, -0.2) is 20.6 Å². The maximum absolute atomic E-state index is 12.4. The van der Waals surface area contributed by atoms with Gasteiger partial charge in [0.1, 0.15) is 11.3 Å². The number of aromatic nitrogens is 2. The molecule has 6 nitrogen and oxygen atoms in total. The van der Waals surface area contributed by atoms with Crippen molar-refractivity contribution in [2.75, 3.05) is 5.32 Å². The number of aromatic hydroxyl groups is 1. The molecule has 0 saturated heterocycles. The molecule has 0 aliphatic carbocycles. The van der Waals surface area contributed by atoms with Gasteiger partial charge in [-0.05, 0) is 36.4 Å². The summed E-state index contributed by atoms with van der Waals surface area (Å²) >= 11 is 0. The smallest absolute Gasteiger partial charge is 0.267 e. The number of aryl methyl sites for hydroxylation is 1. The zero-order chi connectivity index (χ0) is 19.9. The summed E-state index contributed by atoms with van der Waals surface area (Å²) in [5, 5.41) is 13.4. The second-order valence-corrected chi connectivity index (χ2v) is 5.95. The topological polar surface area (TPSA) is 84.2 Å². The summed E-state index contributed by atoms with van der Waals surface area (Å²) in [6.07, 6.45) is 3.50. The molecule has 2 heterocycles. The summed E-state index contributed by atoms with van der Waals surface area (Å²) in [5.41, 5.74) is 0.332. The zero-order valence-electron chi connectivity index (χ0n) is 15.2. The lowest BCUT2D eigenvalue weighted by atomic mass is 10.1. The molecule has 28 heavy (non-hydrogen) atoms. The molecule has 2 N–H and O–H groups in total. The minimum absolute atomic E-state index is 0.259. The molecule has 0 atom stereocenters. The minimum Gasteiger partial charge on any atom is -0.506 e. The van der Waals surface area contributed by atoms with Crippen molar-refractivity contribution in [1.82, 2.24) is 9.55 Å². The highest BCUT2D eigenvalue weighted by Crippen LogP contribution is 2.26. The van der Waals surface area contributed by atoms with Gasteiger partial charge in [0, 0.05) is 30.5 Å². The lowest BCUT2D eigenvalue weighted by Gasteiger charge is -2.11. The Kier molecular flexibility index (Phi) is 5.81. The van der Waals surface area contributed by atoms with Gasteiger partial charge >= 0.3 is 0 Å². The molecule has 0 unspecified atom stereocenters. The molecule has 0 spiro atoms. The summed E-state index contributed by atoms with van der Waals surface area (Å²) in [4.78, 5) is 28.5. The van der Waals surface area contributed by atoms with Gasteiger partial charge in [-0.2, -0.15) is 0 Å². The first kappa shape index (κ1) is 18.8. The Morgan fingerprint density at radius 1 is 0.929 bits per heavy atom. The maximum atomic E-state index is 12.4. The number of nitrogens with zero attached hydrogens (tertiary/aromatic N) is 2. The third-order valence-electron chi connectivity index (χ3n) is 4.10. The summed E-state index contributed by atoms with van der Waals surface area (Å²) in [6, 6.07) is 21.4. The van der Waals surface area contributed by atoms with Crippen LogP contribution in [0.2, 0.25) is 0 Å². The van der Waals surface area contributed by atoms with Gasteiger partial charge in [-0.3, -0.25) is 14.6 Å². The van der Waals surface area contributed by atoms with Gasteiger partial charge in [0.2, 0.25) is 0 Å². The number of anilines is 1. The molecule has 4 aromatic rings. The van der Waals surface area contributed by atoms with E-state index >= 15 is 0 Å². The number of nitrogens with one attached hydrogen (secondary N) is 1. The largest absolute Gasteiger partial charge is 0.506 e. The molecular weight excluding hydrogens is 354 g/mol. The van der Waals surface area contributed by atoms with Gasteiger partial charge in [-0.25, -0.2) is 0 Å².